The van der Waals surface area contributed by atoms with Gasteiger partial charge in [-0.3, -0.25) is 4.79 Å². The van der Waals surface area contributed by atoms with Crippen molar-refractivity contribution in [3.63, 3.8) is 0 Å². The molecule has 0 aromatic heterocycles. The van der Waals surface area contributed by atoms with Gasteiger partial charge in [-0.15, -0.1) is 0 Å². The number of hydrogen-bond acceptors (Lipinski definition) is 8. The number of ether oxygens (including phenoxy) is 2. The summed E-state index contributed by atoms with van der Waals surface area (Å²) in [5.74, 6) is -0.250. The van der Waals surface area contributed by atoms with Crippen molar-refractivity contribution in [2.24, 2.45) is 0 Å². The monoisotopic (exact) mass is 810 g/mol. The molecule has 0 saturated carbocycles. The van der Waals surface area contributed by atoms with Crippen LogP contribution in [-0.4, -0.2) is 87.5 Å². The number of carbonyl (C=O) groups excluding carboxylic acids is 1. The van der Waals surface area contributed by atoms with E-state index in [-0.39, 0.29) is 18.9 Å². The number of aliphatic hydroxyl groups is 5. The van der Waals surface area contributed by atoms with Crippen LogP contribution in [-0.2, 0) is 14.3 Å². The molecule has 57 heavy (non-hydrogen) atoms. The third kappa shape index (κ3) is 29.5. The quantitative estimate of drug-likeness (QED) is 0.0265. The molecule has 0 radical (unpaired) electrons. The molecule has 7 atom stereocenters. The molecule has 9 heteroatoms. The molecule has 0 bridgehead atoms. The lowest BCUT2D eigenvalue weighted by molar-refractivity contribution is -0.302. The van der Waals surface area contributed by atoms with Crippen LogP contribution in [0.4, 0.5) is 0 Å². The Kier molecular flexibility index (Phi) is 36.6. The summed E-state index contributed by atoms with van der Waals surface area (Å²) in [5.41, 5.74) is 0. The molecule has 0 aliphatic carbocycles. The van der Waals surface area contributed by atoms with Crippen LogP contribution >= 0.6 is 0 Å². The van der Waals surface area contributed by atoms with E-state index in [9.17, 15) is 30.3 Å². The summed E-state index contributed by atoms with van der Waals surface area (Å²) < 4.78 is 11.2. The van der Waals surface area contributed by atoms with E-state index in [1.807, 2.05) is 12.2 Å². The number of unbranched alkanes of at least 4 members (excludes halogenated alkanes) is 28. The predicted molar refractivity (Wildman–Crippen MR) is 235 cm³/mol. The lowest BCUT2D eigenvalue weighted by atomic mass is 9.99. The van der Waals surface area contributed by atoms with Crippen molar-refractivity contribution in [1.29, 1.82) is 0 Å². The maximum atomic E-state index is 12.9. The van der Waals surface area contributed by atoms with E-state index in [0.29, 0.717) is 6.42 Å². The largest absolute Gasteiger partial charge is 0.394 e. The fourth-order valence-electron chi connectivity index (χ4n) is 7.66. The van der Waals surface area contributed by atoms with Gasteiger partial charge in [-0.05, 0) is 32.1 Å². The zero-order valence-corrected chi connectivity index (χ0v) is 36.9. The van der Waals surface area contributed by atoms with Gasteiger partial charge in [0.1, 0.15) is 24.4 Å². The molecule has 0 spiro atoms. The number of carbonyl (C=O) groups is 1. The van der Waals surface area contributed by atoms with Gasteiger partial charge < -0.3 is 40.3 Å². The van der Waals surface area contributed by atoms with Gasteiger partial charge in [-0.2, -0.15) is 0 Å². The van der Waals surface area contributed by atoms with Crippen LogP contribution in [0.5, 0.6) is 0 Å². The number of nitrogens with one attached hydrogen (secondary N) is 1. The van der Waals surface area contributed by atoms with Crippen LogP contribution in [0.15, 0.2) is 24.3 Å². The molecular weight excluding hydrogens is 719 g/mol. The molecule has 0 aromatic carbocycles. The van der Waals surface area contributed by atoms with E-state index < -0.39 is 49.5 Å². The normalized spacial score (nSPS) is 21.1. The Labute approximate surface area is 349 Å². The SMILES string of the molecule is CCCCCCCCCCCCC=CC[C@@H](O)[C@H](CO[C@@H]1O[C@H](CO)[C@@H](O)C(O)C1O)NC(=O)CC=CCCCCCCCCCCCCCCCCCCCC. The molecule has 1 aliphatic heterocycles. The first kappa shape index (κ1) is 53.7. The van der Waals surface area contributed by atoms with E-state index in [1.54, 1.807) is 0 Å². The second-order valence-electron chi connectivity index (χ2n) is 16.9. The second kappa shape index (κ2) is 38.8. The van der Waals surface area contributed by atoms with Gasteiger partial charge in [-0.25, -0.2) is 0 Å². The predicted octanol–water partition coefficient (Wildman–Crippen LogP) is 10.3. The third-order valence-corrected chi connectivity index (χ3v) is 11.6. The number of allylic oxidation sites excluding steroid dienone is 2. The minimum absolute atomic E-state index is 0.177. The van der Waals surface area contributed by atoms with Crippen LogP contribution in [0.1, 0.15) is 219 Å². The van der Waals surface area contributed by atoms with E-state index in [4.69, 9.17) is 9.47 Å². The van der Waals surface area contributed by atoms with Gasteiger partial charge in [0.05, 0.1) is 25.4 Å². The Morgan fingerprint density at radius 1 is 0.579 bits per heavy atom. The summed E-state index contributed by atoms with van der Waals surface area (Å²) in [5, 5.41) is 54.2. The first-order chi connectivity index (χ1) is 27.8. The zero-order valence-electron chi connectivity index (χ0n) is 36.9. The molecule has 1 fully saturated rings. The van der Waals surface area contributed by atoms with Crippen molar-refractivity contribution in [2.75, 3.05) is 13.2 Å². The molecule has 1 saturated heterocycles. The topological polar surface area (TPSA) is 149 Å². The van der Waals surface area contributed by atoms with Crippen molar-refractivity contribution in [3.8, 4) is 0 Å². The highest BCUT2D eigenvalue weighted by molar-refractivity contribution is 5.77. The maximum Gasteiger partial charge on any atom is 0.224 e. The molecule has 1 amide bonds. The van der Waals surface area contributed by atoms with Crippen LogP contribution < -0.4 is 5.32 Å². The maximum absolute atomic E-state index is 12.9. The standard InChI is InChI=1S/C48H91NO8/c1-3-5-7-9-11-13-15-17-18-19-20-21-22-23-24-26-28-30-32-34-36-38-44(52)49-41(40-56-48-47(55)46(54)45(53)43(39-50)57-48)42(51)37-35-33-31-29-27-25-16-14-12-10-8-6-4-2/h33-36,41-43,45-48,50-51,53-55H,3-32,37-40H2,1-2H3,(H,49,52)/t41-,42+,43+,45+,46?,47?,48+/m0/s1. The summed E-state index contributed by atoms with van der Waals surface area (Å²) in [6.45, 7) is 3.77. The molecule has 336 valence electrons. The molecule has 1 heterocycles. The van der Waals surface area contributed by atoms with Gasteiger partial charge in [-0.1, -0.05) is 205 Å². The number of amides is 1. The van der Waals surface area contributed by atoms with E-state index >= 15 is 0 Å². The number of aliphatic hydroxyl groups excluding tert-OH is 5. The molecule has 9 nitrogen and oxygen atoms in total. The van der Waals surface area contributed by atoms with Crippen molar-refractivity contribution >= 4 is 5.91 Å². The smallest absolute Gasteiger partial charge is 0.224 e. The van der Waals surface area contributed by atoms with Gasteiger partial charge >= 0.3 is 0 Å². The summed E-state index contributed by atoms with van der Waals surface area (Å²) in [4.78, 5) is 12.9. The van der Waals surface area contributed by atoms with Crippen LogP contribution in [0.2, 0.25) is 0 Å². The Morgan fingerprint density at radius 3 is 1.40 bits per heavy atom. The molecule has 6 N–H and O–H groups in total. The average molecular weight is 810 g/mol. The first-order valence-corrected chi connectivity index (χ1v) is 24.0. The summed E-state index contributed by atoms with van der Waals surface area (Å²) in [7, 11) is 0. The van der Waals surface area contributed by atoms with E-state index in [1.165, 1.54) is 167 Å². The average Bonchev–Trinajstić information content (AvgIpc) is 3.21. The Hall–Kier alpha value is -1.33. The Morgan fingerprint density at radius 2 is 0.982 bits per heavy atom. The molecule has 2 unspecified atom stereocenters. The Bertz CT molecular complexity index is 945. The fraction of sp³-hybridized carbons (Fsp3) is 0.896. The Balaban J connectivity index is 2.31. The fourth-order valence-corrected chi connectivity index (χ4v) is 7.66. The third-order valence-electron chi connectivity index (χ3n) is 11.6. The van der Waals surface area contributed by atoms with Gasteiger partial charge in [0, 0.05) is 6.42 Å². The van der Waals surface area contributed by atoms with Crippen molar-refractivity contribution in [3.05, 3.63) is 24.3 Å². The minimum Gasteiger partial charge on any atom is -0.394 e. The minimum atomic E-state index is -1.57. The van der Waals surface area contributed by atoms with E-state index in [2.05, 4.69) is 31.3 Å². The van der Waals surface area contributed by atoms with Crippen LogP contribution in [0.25, 0.3) is 0 Å². The van der Waals surface area contributed by atoms with Crippen molar-refractivity contribution in [2.45, 2.75) is 262 Å². The van der Waals surface area contributed by atoms with Crippen LogP contribution in [0.3, 0.4) is 0 Å². The summed E-state index contributed by atoms with van der Waals surface area (Å²) in [6.07, 6.45) is 39.5. The summed E-state index contributed by atoms with van der Waals surface area (Å²) >= 11 is 0. The number of rotatable bonds is 40. The number of hydrogen-bond donors (Lipinski definition) is 6. The van der Waals surface area contributed by atoms with Crippen molar-refractivity contribution in [1.82, 2.24) is 5.32 Å². The summed E-state index contributed by atoms with van der Waals surface area (Å²) in [6, 6.07) is -0.796. The second-order valence-corrected chi connectivity index (χ2v) is 16.9. The first-order valence-electron chi connectivity index (χ1n) is 24.0. The molecule has 1 rings (SSSR count). The molecule has 0 aromatic rings. The lowest BCUT2D eigenvalue weighted by Gasteiger charge is -2.40. The highest BCUT2D eigenvalue weighted by atomic mass is 16.7. The van der Waals surface area contributed by atoms with Crippen LogP contribution in [0, 0.1) is 0 Å². The van der Waals surface area contributed by atoms with Gasteiger partial charge in [0.25, 0.3) is 0 Å². The van der Waals surface area contributed by atoms with Gasteiger partial charge in [0.2, 0.25) is 5.91 Å². The lowest BCUT2D eigenvalue weighted by Crippen LogP contribution is -2.60. The molecule has 1 aliphatic rings. The highest BCUT2D eigenvalue weighted by Crippen LogP contribution is 2.23. The van der Waals surface area contributed by atoms with Gasteiger partial charge in [0.15, 0.2) is 6.29 Å². The highest BCUT2D eigenvalue weighted by Gasteiger charge is 2.44. The molecular formula is C48H91NO8. The zero-order chi connectivity index (χ0) is 41.6. The van der Waals surface area contributed by atoms with Crippen molar-refractivity contribution < 1.29 is 39.8 Å². The van der Waals surface area contributed by atoms with E-state index in [0.717, 1.165) is 25.7 Å².